The van der Waals surface area contributed by atoms with Crippen molar-refractivity contribution in [1.29, 1.82) is 0 Å². The summed E-state index contributed by atoms with van der Waals surface area (Å²) in [6.07, 6.45) is 0.177. The number of hydrogen-bond donors (Lipinski definition) is 1. The van der Waals surface area contributed by atoms with Crippen molar-refractivity contribution in [1.82, 2.24) is 4.98 Å². The zero-order chi connectivity index (χ0) is 20.2. The van der Waals surface area contributed by atoms with Gasteiger partial charge in [-0.3, -0.25) is 4.79 Å². The first kappa shape index (κ1) is 31.2. The number of aldehydes is 1. The summed E-state index contributed by atoms with van der Waals surface area (Å²) < 4.78 is 14.8. The van der Waals surface area contributed by atoms with Gasteiger partial charge in [-0.25, -0.2) is 9.78 Å². The standard InChI is InChI=1S/C15H14N3O8P.CH4.2Na.2H/c1-8-13(20)11(6-19)12(7-26-27(23,24)25)14(16-8)18-17-10-4-2-9(3-5-10)15(21)22;;;;;/h2-6,20H,7H2,1H3,(H,21,22)(H2,23,24,25);1H4;;;;/q;;2*+1;2*-1/p-3. The number of carbonyl (C=O) groups excluding carboxylic acids is 1. The van der Waals surface area contributed by atoms with E-state index in [2.05, 4.69) is 19.7 Å². The number of carbonyl (C=O) groups is 2. The fourth-order valence-electron chi connectivity index (χ4n) is 2.00. The van der Waals surface area contributed by atoms with Crippen molar-refractivity contribution >= 4 is 31.6 Å². The number of azo groups is 1. The molecule has 0 bridgehead atoms. The second kappa shape index (κ2) is 13.4. The topological polar surface area (TPSA) is 187 Å². The van der Waals surface area contributed by atoms with Crippen LogP contribution in [0.3, 0.4) is 0 Å². The molecule has 0 saturated heterocycles. The maximum atomic E-state index is 12.0. The number of benzene rings is 1. The molecule has 14 heteroatoms. The van der Waals surface area contributed by atoms with E-state index in [4.69, 9.17) is 5.11 Å². The Hall–Kier alpha value is -0.980. The Labute approximate surface area is 219 Å². The number of phosphoric acid groups is 1. The normalized spacial score (nSPS) is 10.5. The van der Waals surface area contributed by atoms with Gasteiger partial charge >= 0.3 is 65.1 Å². The SMILES string of the molecule is C.Cc1nc(N=Nc2ccc(C(=O)O)cc2)c(COP(=O)([O-])[O-])c(C=O)c1[O-].[H-].[H-].[Na+].[Na+]. The van der Waals surface area contributed by atoms with Gasteiger partial charge < -0.3 is 31.9 Å². The number of rotatable bonds is 7. The first-order valence-electron chi connectivity index (χ1n) is 7.19. The molecule has 11 nitrogen and oxygen atoms in total. The van der Waals surface area contributed by atoms with Crippen molar-refractivity contribution in [3.63, 3.8) is 0 Å². The summed E-state index contributed by atoms with van der Waals surface area (Å²) in [7, 11) is -5.37. The van der Waals surface area contributed by atoms with E-state index in [0.717, 1.165) is 0 Å². The molecule has 0 fully saturated rings. The molecule has 0 aliphatic rings. The fraction of sp³-hybridized carbons (Fsp3) is 0.188. The smallest absolute Gasteiger partial charge is 1.00 e. The molecule has 0 amide bonds. The molecule has 154 valence electrons. The summed E-state index contributed by atoms with van der Waals surface area (Å²) in [4.78, 5) is 47.3. The number of aromatic nitrogens is 1. The summed E-state index contributed by atoms with van der Waals surface area (Å²) in [5.74, 6) is -2.18. The Balaban J connectivity index is -0.000000784. The van der Waals surface area contributed by atoms with Gasteiger partial charge in [-0.05, 0) is 31.2 Å². The van der Waals surface area contributed by atoms with E-state index in [1.165, 1.54) is 31.2 Å². The number of carboxylic acid groups (broad SMARTS) is 1. The maximum Gasteiger partial charge on any atom is 1.00 e. The second-order valence-corrected chi connectivity index (χ2v) is 6.29. The molecule has 2 aromatic rings. The van der Waals surface area contributed by atoms with Crippen LogP contribution in [0.1, 0.15) is 42.3 Å². The molecule has 2 rings (SSSR count). The minimum absolute atomic E-state index is 0. The number of aryl methyl sites for hydroxylation is 1. The van der Waals surface area contributed by atoms with Crippen LogP contribution in [0, 0.1) is 6.92 Å². The van der Waals surface area contributed by atoms with Crippen molar-refractivity contribution in [3.05, 3.63) is 46.6 Å². The first-order valence-corrected chi connectivity index (χ1v) is 8.66. The van der Waals surface area contributed by atoms with Crippen LogP contribution in [0.25, 0.3) is 0 Å². The Morgan fingerprint density at radius 1 is 1.27 bits per heavy atom. The summed E-state index contributed by atoms with van der Waals surface area (Å²) in [5, 5.41) is 28.4. The van der Waals surface area contributed by atoms with E-state index in [-0.39, 0.29) is 104 Å². The van der Waals surface area contributed by atoms with E-state index in [1.807, 2.05) is 0 Å². The largest absolute Gasteiger partial charge is 1.00 e. The maximum absolute atomic E-state index is 12.0. The molecule has 1 heterocycles. The molecule has 0 aliphatic carbocycles. The van der Waals surface area contributed by atoms with Crippen molar-refractivity contribution in [2.24, 2.45) is 10.2 Å². The van der Waals surface area contributed by atoms with Crippen molar-refractivity contribution < 1.29 is 101 Å². The van der Waals surface area contributed by atoms with Crippen molar-refractivity contribution in [2.75, 3.05) is 0 Å². The summed E-state index contributed by atoms with van der Waals surface area (Å²) in [6, 6.07) is 5.26. The first-order chi connectivity index (χ1) is 12.6. The molecular formula is C16H17N3Na2O8P-3. The Morgan fingerprint density at radius 3 is 2.30 bits per heavy atom. The Kier molecular flexibility index (Phi) is 14.0. The molecule has 0 radical (unpaired) electrons. The molecule has 0 spiro atoms. The Bertz CT molecular complexity index is 975. The van der Waals surface area contributed by atoms with Crippen LogP contribution in [0.4, 0.5) is 11.5 Å². The van der Waals surface area contributed by atoms with Gasteiger partial charge in [-0.2, -0.15) is 0 Å². The molecule has 0 unspecified atom stereocenters. The number of aromatic carboxylic acids is 1. The average molecular weight is 456 g/mol. The molecule has 0 saturated carbocycles. The van der Waals surface area contributed by atoms with E-state index in [1.54, 1.807) is 0 Å². The predicted octanol–water partition coefficient (Wildman–Crippen LogP) is -4.40. The minimum Gasteiger partial charge on any atom is -1.00 e. The average Bonchev–Trinajstić information content (AvgIpc) is 2.60. The van der Waals surface area contributed by atoms with Crippen LogP contribution in [0.5, 0.6) is 5.75 Å². The van der Waals surface area contributed by atoms with Crippen LogP contribution in [0.2, 0.25) is 0 Å². The number of phosphoric ester groups is 1. The van der Waals surface area contributed by atoms with Crippen LogP contribution in [0.15, 0.2) is 34.5 Å². The van der Waals surface area contributed by atoms with Gasteiger partial charge in [0.15, 0.2) is 5.82 Å². The second-order valence-electron chi connectivity index (χ2n) is 5.13. The summed E-state index contributed by atoms with van der Waals surface area (Å²) in [6.45, 7) is 0.403. The third-order valence-electron chi connectivity index (χ3n) is 3.30. The monoisotopic (exact) mass is 456 g/mol. The van der Waals surface area contributed by atoms with Gasteiger partial charge in [0, 0.05) is 16.8 Å². The van der Waals surface area contributed by atoms with E-state index in [0.29, 0.717) is 0 Å². The van der Waals surface area contributed by atoms with Crippen LogP contribution >= 0.6 is 7.82 Å². The van der Waals surface area contributed by atoms with Crippen LogP contribution in [-0.2, 0) is 15.7 Å². The van der Waals surface area contributed by atoms with E-state index in [9.17, 15) is 29.0 Å². The summed E-state index contributed by atoms with van der Waals surface area (Å²) in [5.41, 5.74) is -0.603. The van der Waals surface area contributed by atoms with Crippen LogP contribution < -0.4 is 74.0 Å². The van der Waals surface area contributed by atoms with Gasteiger partial charge in [-0.1, -0.05) is 13.2 Å². The zero-order valence-corrected chi connectivity index (χ0v) is 20.6. The minimum atomic E-state index is -5.37. The van der Waals surface area contributed by atoms with Crippen molar-refractivity contribution in [2.45, 2.75) is 21.0 Å². The molecule has 1 aromatic heterocycles. The molecular weight excluding hydrogens is 439 g/mol. The molecule has 0 atom stereocenters. The molecule has 1 N–H and O–H groups in total. The third kappa shape index (κ3) is 8.64. The fourth-order valence-corrected chi connectivity index (χ4v) is 2.29. The zero-order valence-electron chi connectivity index (χ0n) is 17.7. The molecule has 0 aliphatic heterocycles. The number of pyridine rings is 1. The van der Waals surface area contributed by atoms with Crippen LogP contribution in [-0.4, -0.2) is 22.3 Å². The number of carboxylic acids is 1. The quantitative estimate of drug-likeness (QED) is 0.186. The molecule has 1 aromatic carbocycles. The third-order valence-corrected chi connectivity index (χ3v) is 3.75. The number of nitrogens with zero attached hydrogens (tertiary/aromatic N) is 3. The van der Waals surface area contributed by atoms with Gasteiger partial charge in [-0.15, -0.1) is 10.2 Å². The molecule has 30 heavy (non-hydrogen) atoms. The predicted molar refractivity (Wildman–Crippen MR) is 92.7 cm³/mol. The van der Waals surface area contributed by atoms with Gasteiger partial charge in [0.25, 0.3) is 0 Å². The van der Waals surface area contributed by atoms with Gasteiger partial charge in [0.05, 0.1) is 25.7 Å². The van der Waals surface area contributed by atoms with E-state index >= 15 is 0 Å². The summed E-state index contributed by atoms with van der Waals surface area (Å²) >= 11 is 0. The Morgan fingerprint density at radius 2 is 1.83 bits per heavy atom. The van der Waals surface area contributed by atoms with E-state index < -0.39 is 31.7 Å². The van der Waals surface area contributed by atoms with Gasteiger partial charge in [0.1, 0.15) is 6.29 Å². The van der Waals surface area contributed by atoms with Crippen molar-refractivity contribution in [3.8, 4) is 5.75 Å². The van der Waals surface area contributed by atoms with Gasteiger partial charge in [0.2, 0.25) is 0 Å². The number of hydrogen-bond acceptors (Lipinski definition) is 10.